The normalized spacial score (nSPS) is 12.0. The first-order valence-corrected chi connectivity index (χ1v) is 7.89. The number of rotatable bonds is 5. The highest BCUT2D eigenvalue weighted by atomic mass is 16.2. The Morgan fingerprint density at radius 2 is 1.96 bits per heavy atom. The molecule has 0 saturated heterocycles. The fourth-order valence-electron chi connectivity index (χ4n) is 2.36. The fraction of sp³-hybridized carbons (Fsp3) is 0.389. The van der Waals surface area contributed by atoms with Crippen molar-refractivity contribution in [3.8, 4) is 0 Å². The molecule has 122 valence electrons. The highest BCUT2D eigenvalue weighted by Crippen LogP contribution is 2.18. The lowest BCUT2D eigenvalue weighted by Gasteiger charge is -2.15. The van der Waals surface area contributed by atoms with Gasteiger partial charge in [-0.3, -0.25) is 14.6 Å². The van der Waals surface area contributed by atoms with E-state index in [1.807, 2.05) is 38.1 Å². The summed E-state index contributed by atoms with van der Waals surface area (Å²) in [6.45, 7) is 8.07. The van der Waals surface area contributed by atoms with Gasteiger partial charge in [0.05, 0.1) is 16.8 Å². The van der Waals surface area contributed by atoms with Gasteiger partial charge in [-0.2, -0.15) is 0 Å². The summed E-state index contributed by atoms with van der Waals surface area (Å²) in [5.74, 6) is -0.458. The number of hydrogen-bond donors (Lipinski definition) is 2. The minimum absolute atomic E-state index is 0.178. The molecule has 0 aliphatic heterocycles. The Morgan fingerprint density at radius 3 is 2.65 bits per heavy atom. The van der Waals surface area contributed by atoms with Crippen LogP contribution in [0.5, 0.6) is 0 Å². The summed E-state index contributed by atoms with van der Waals surface area (Å²) in [7, 11) is 0. The number of aryl methyl sites for hydroxylation is 2. The molecule has 5 nitrogen and oxygen atoms in total. The van der Waals surface area contributed by atoms with Crippen LogP contribution in [0.2, 0.25) is 0 Å². The zero-order valence-corrected chi connectivity index (χ0v) is 14.1. The average Bonchev–Trinajstić information content (AvgIpc) is 2.52. The molecule has 2 N–H and O–H groups in total. The van der Waals surface area contributed by atoms with Crippen molar-refractivity contribution < 1.29 is 9.59 Å². The molecule has 5 heteroatoms. The summed E-state index contributed by atoms with van der Waals surface area (Å²) in [6, 6.07) is 7.18. The Hall–Kier alpha value is -2.43. The largest absolute Gasteiger partial charge is 0.354 e. The number of carbonyl (C=O) groups excluding carboxylic acids is 2. The molecule has 2 aromatic rings. The van der Waals surface area contributed by atoms with E-state index in [1.165, 1.54) is 0 Å². The van der Waals surface area contributed by atoms with Crippen molar-refractivity contribution in [1.82, 2.24) is 15.6 Å². The van der Waals surface area contributed by atoms with E-state index in [9.17, 15) is 9.59 Å². The van der Waals surface area contributed by atoms with E-state index in [-0.39, 0.29) is 11.8 Å². The number of amides is 2. The van der Waals surface area contributed by atoms with Gasteiger partial charge in [0.2, 0.25) is 5.91 Å². The molecule has 0 aliphatic rings. The van der Waals surface area contributed by atoms with Crippen LogP contribution in [0.15, 0.2) is 24.3 Å². The average molecular weight is 313 g/mol. The first-order chi connectivity index (χ1) is 10.9. The number of hydrogen-bond acceptors (Lipinski definition) is 3. The summed E-state index contributed by atoms with van der Waals surface area (Å²) in [6.07, 6.45) is 0.861. The topological polar surface area (TPSA) is 71.1 Å². The molecule has 0 unspecified atom stereocenters. The molecular weight excluding hydrogens is 290 g/mol. The lowest BCUT2D eigenvalue weighted by molar-refractivity contribution is -0.122. The molecule has 23 heavy (non-hydrogen) atoms. The molecule has 1 aromatic carbocycles. The first-order valence-electron chi connectivity index (χ1n) is 7.89. The van der Waals surface area contributed by atoms with Gasteiger partial charge in [0.1, 0.15) is 6.04 Å². The molecule has 2 rings (SSSR count). The van der Waals surface area contributed by atoms with Crippen LogP contribution in [0.1, 0.15) is 41.9 Å². The Labute approximate surface area is 136 Å². The third-order valence-electron chi connectivity index (χ3n) is 3.70. The van der Waals surface area contributed by atoms with Crippen LogP contribution >= 0.6 is 0 Å². The molecule has 1 atom stereocenters. The standard InChI is InChI=1S/C18H23N3O2/c1-5-8-19-17(22)13(4)21-18(23)15-10-14-9-11(2)6-7-16(14)20-12(15)3/h6-7,9-10,13H,5,8H2,1-4H3,(H,19,22)(H,21,23)/t13-/m0/s1. The van der Waals surface area contributed by atoms with Gasteiger partial charge in [0.15, 0.2) is 0 Å². The zero-order valence-electron chi connectivity index (χ0n) is 14.1. The van der Waals surface area contributed by atoms with Crippen LogP contribution in [0, 0.1) is 13.8 Å². The molecule has 0 radical (unpaired) electrons. The van der Waals surface area contributed by atoms with Gasteiger partial charge in [-0.05, 0) is 45.4 Å². The van der Waals surface area contributed by atoms with Gasteiger partial charge < -0.3 is 10.6 Å². The van der Waals surface area contributed by atoms with Crippen molar-refractivity contribution in [2.75, 3.05) is 6.54 Å². The Morgan fingerprint density at radius 1 is 1.22 bits per heavy atom. The predicted octanol–water partition coefficient (Wildman–Crippen LogP) is 2.50. The van der Waals surface area contributed by atoms with Crippen LogP contribution < -0.4 is 10.6 Å². The predicted molar refractivity (Wildman–Crippen MR) is 91.4 cm³/mol. The maximum atomic E-state index is 12.5. The Balaban J connectivity index is 2.20. The summed E-state index contributed by atoms with van der Waals surface area (Å²) in [5.41, 5.74) is 3.12. The summed E-state index contributed by atoms with van der Waals surface area (Å²) in [5, 5.41) is 6.43. The Bertz CT molecular complexity index is 740. The quantitative estimate of drug-likeness (QED) is 0.891. The summed E-state index contributed by atoms with van der Waals surface area (Å²) < 4.78 is 0. The van der Waals surface area contributed by atoms with Crippen molar-refractivity contribution in [2.45, 2.75) is 40.2 Å². The minimum Gasteiger partial charge on any atom is -0.354 e. The van der Waals surface area contributed by atoms with Crippen molar-refractivity contribution in [1.29, 1.82) is 0 Å². The lowest BCUT2D eigenvalue weighted by atomic mass is 10.1. The van der Waals surface area contributed by atoms with Gasteiger partial charge in [-0.25, -0.2) is 0 Å². The van der Waals surface area contributed by atoms with E-state index >= 15 is 0 Å². The van der Waals surface area contributed by atoms with Crippen LogP contribution in [0.3, 0.4) is 0 Å². The second-order valence-electron chi connectivity index (χ2n) is 5.80. The van der Waals surface area contributed by atoms with Crippen molar-refractivity contribution in [2.24, 2.45) is 0 Å². The van der Waals surface area contributed by atoms with Crippen molar-refractivity contribution in [3.05, 3.63) is 41.1 Å². The van der Waals surface area contributed by atoms with Crippen LogP contribution in [0.4, 0.5) is 0 Å². The number of fused-ring (bicyclic) bond motifs is 1. The molecule has 0 bridgehead atoms. The van der Waals surface area contributed by atoms with E-state index in [4.69, 9.17) is 0 Å². The maximum Gasteiger partial charge on any atom is 0.253 e. The SMILES string of the molecule is CCCNC(=O)[C@H](C)NC(=O)c1cc2cc(C)ccc2nc1C. The minimum atomic E-state index is -0.582. The van der Waals surface area contributed by atoms with E-state index in [1.54, 1.807) is 13.8 Å². The van der Waals surface area contributed by atoms with E-state index in [2.05, 4.69) is 15.6 Å². The highest BCUT2D eigenvalue weighted by Gasteiger charge is 2.18. The lowest BCUT2D eigenvalue weighted by Crippen LogP contribution is -2.45. The zero-order chi connectivity index (χ0) is 17.0. The molecule has 2 amide bonds. The van der Waals surface area contributed by atoms with Gasteiger partial charge >= 0.3 is 0 Å². The molecular formula is C18H23N3O2. The smallest absolute Gasteiger partial charge is 0.253 e. The van der Waals surface area contributed by atoms with Crippen LogP contribution in [-0.2, 0) is 4.79 Å². The van der Waals surface area contributed by atoms with E-state index in [0.717, 1.165) is 22.9 Å². The maximum absolute atomic E-state index is 12.5. The van der Waals surface area contributed by atoms with Gasteiger partial charge in [-0.1, -0.05) is 18.6 Å². The number of pyridine rings is 1. The molecule has 0 spiro atoms. The molecule has 1 heterocycles. The first kappa shape index (κ1) is 16.9. The summed E-state index contributed by atoms with van der Waals surface area (Å²) in [4.78, 5) is 28.8. The third kappa shape index (κ3) is 4.06. The van der Waals surface area contributed by atoms with E-state index in [0.29, 0.717) is 17.8 Å². The van der Waals surface area contributed by atoms with Gasteiger partial charge in [0, 0.05) is 11.9 Å². The highest BCUT2D eigenvalue weighted by molar-refractivity contribution is 6.00. The van der Waals surface area contributed by atoms with Crippen LogP contribution in [0.25, 0.3) is 10.9 Å². The molecule has 1 aromatic heterocycles. The van der Waals surface area contributed by atoms with E-state index < -0.39 is 6.04 Å². The molecule has 0 aliphatic carbocycles. The number of nitrogens with zero attached hydrogens (tertiary/aromatic N) is 1. The van der Waals surface area contributed by atoms with Crippen LogP contribution in [-0.4, -0.2) is 29.4 Å². The van der Waals surface area contributed by atoms with Gasteiger partial charge in [-0.15, -0.1) is 0 Å². The number of aromatic nitrogens is 1. The second-order valence-corrected chi connectivity index (χ2v) is 5.80. The van der Waals surface area contributed by atoms with Crippen molar-refractivity contribution in [3.63, 3.8) is 0 Å². The fourth-order valence-corrected chi connectivity index (χ4v) is 2.36. The number of nitrogens with one attached hydrogen (secondary N) is 2. The Kier molecular flexibility index (Phi) is 5.32. The third-order valence-corrected chi connectivity index (χ3v) is 3.70. The summed E-state index contributed by atoms with van der Waals surface area (Å²) >= 11 is 0. The number of carbonyl (C=O) groups is 2. The monoisotopic (exact) mass is 313 g/mol. The molecule has 0 saturated carbocycles. The van der Waals surface area contributed by atoms with Crippen molar-refractivity contribution >= 4 is 22.7 Å². The number of benzene rings is 1. The molecule has 0 fully saturated rings. The van der Waals surface area contributed by atoms with Gasteiger partial charge in [0.25, 0.3) is 5.91 Å². The second kappa shape index (κ2) is 7.22.